The van der Waals surface area contributed by atoms with Gasteiger partial charge in [0.25, 0.3) is 0 Å². The van der Waals surface area contributed by atoms with Gasteiger partial charge in [-0.2, -0.15) is 49.2 Å². The molecular formula is C60H82HfO2S2-2. The SMILES string of the molecule is Oc1c(C[S]2=[Hf]=[S](Cc3cc(C4CCCCC4)cc(C4CCCCC4)c3O)[C@H]3CCCCCC[C@@H]32)cc(C2CCCCC2)cc1C1CCCCC1.[CH2-]c1ccccc1.[CH2-]c1ccccc1. The predicted molar refractivity (Wildman–Crippen MR) is 279 cm³/mol. The Balaban J connectivity index is 0.000000351. The molecule has 0 bridgehead atoms. The Bertz CT molecular complexity index is 2000. The fourth-order valence-corrected chi connectivity index (χ4v) is 51.5. The average Bonchev–Trinajstić information content (AvgIpc) is 3.65. The summed E-state index contributed by atoms with van der Waals surface area (Å²) in [5, 5.41) is 26.1. The van der Waals surface area contributed by atoms with Crippen LogP contribution in [0.3, 0.4) is 0 Å². The summed E-state index contributed by atoms with van der Waals surface area (Å²) >= 11 is -1.04. The number of benzene rings is 4. The van der Waals surface area contributed by atoms with E-state index in [0.29, 0.717) is 38.1 Å². The van der Waals surface area contributed by atoms with Crippen molar-refractivity contribution in [2.75, 3.05) is 0 Å². The van der Waals surface area contributed by atoms with Crippen LogP contribution in [-0.4, -0.2) is 20.7 Å². The first-order chi connectivity index (χ1) is 31.9. The molecule has 5 fully saturated rings. The standard InChI is InChI=1S/C46H68O2S2.2C7H7.Hf/c47-45-39(27-37(33-17-7-3-8-18-33)29-41(45)35-21-11-5-12-22-35)31-49-43-25-15-1-2-16-26-44(43)50-32-40-28-38(34-19-9-4-10-20-34)30-42(46(40)48)36-23-13-6-14-24-36;2*1-7-5-3-2-4-6-7;/h27-30,33-36,43-44,47-48H,1-26,31-32H2;2*2-6H,1H2;/q;2*-1;/t43-,44-;;;/m0.../s1. The van der Waals surface area contributed by atoms with Crippen LogP contribution in [0.2, 0.25) is 0 Å². The molecule has 4 atom stereocenters. The number of aromatic hydroxyl groups is 2. The first-order valence-electron chi connectivity index (χ1n) is 26.5. The minimum atomic E-state index is -1.04. The first-order valence-corrected chi connectivity index (χ1v) is 38.2. The van der Waals surface area contributed by atoms with Gasteiger partial charge in [-0.1, -0.05) is 12.1 Å². The summed E-state index contributed by atoms with van der Waals surface area (Å²) in [5.41, 5.74) is 10.7. The van der Waals surface area contributed by atoms with E-state index in [9.17, 15) is 10.2 Å². The molecule has 65 heavy (non-hydrogen) atoms. The largest absolute Gasteiger partial charge is 0.199 e. The van der Waals surface area contributed by atoms with Crippen LogP contribution in [0.1, 0.15) is 235 Å². The van der Waals surface area contributed by atoms with Crippen LogP contribution in [0, 0.1) is 13.8 Å². The van der Waals surface area contributed by atoms with Gasteiger partial charge in [-0.15, -0.1) is 24.3 Å². The summed E-state index contributed by atoms with van der Waals surface area (Å²) in [6.07, 6.45) is 35.4. The number of rotatable bonds is 8. The molecule has 2 unspecified atom stereocenters. The van der Waals surface area contributed by atoms with Gasteiger partial charge in [0.15, 0.2) is 0 Å². The Morgan fingerprint density at radius 1 is 0.400 bits per heavy atom. The van der Waals surface area contributed by atoms with E-state index in [1.807, 2.05) is 60.7 Å². The number of phenols is 2. The molecule has 0 aromatic heterocycles. The summed E-state index contributed by atoms with van der Waals surface area (Å²) < 4.78 is 0. The molecule has 0 radical (unpaired) electrons. The van der Waals surface area contributed by atoms with Gasteiger partial charge in [-0.3, -0.25) is 0 Å². The third-order valence-corrected chi connectivity index (χ3v) is 45.3. The molecule has 4 aromatic rings. The fourth-order valence-electron chi connectivity index (χ4n) is 12.4. The van der Waals surface area contributed by atoms with Crippen LogP contribution in [-0.2, 0) is 30.4 Å². The van der Waals surface area contributed by atoms with Crippen LogP contribution < -0.4 is 0 Å². The van der Waals surface area contributed by atoms with E-state index < -0.39 is 18.9 Å². The maximum atomic E-state index is 12.2. The smallest absolute Gasteiger partial charge is 0.0866 e. The van der Waals surface area contributed by atoms with Crippen molar-refractivity contribution in [2.45, 2.75) is 213 Å². The van der Waals surface area contributed by atoms with Crippen molar-refractivity contribution in [2.24, 2.45) is 0 Å². The molecule has 10 rings (SSSR count). The van der Waals surface area contributed by atoms with Gasteiger partial charge in [0, 0.05) is 0 Å². The molecule has 6 aliphatic rings. The molecule has 5 heteroatoms. The van der Waals surface area contributed by atoms with Crippen LogP contribution in [0.25, 0.3) is 0 Å². The van der Waals surface area contributed by atoms with Gasteiger partial charge >= 0.3 is 325 Å². The number of phenolic OH excluding ortho intramolecular Hbond substituents is 2. The Morgan fingerprint density at radius 3 is 1.03 bits per heavy atom. The van der Waals surface area contributed by atoms with Crippen LogP contribution in [0.15, 0.2) is 84.9 Å². The Kier molecular flexibility index (Phi) is 19.2. The van der Waals surface area contributed by atoms with E-state index in [1.54, 1.807) is 11.1 Å². The minimum absolute atomic E-state index is 0.485. The van der Waals surface area contributed by atoms with E-state index in [-0.39, 0.29) is 0 Å². The molecule has 352 valence electrons. The Morgan fingerprint density at radius 2 is 0.708 bits per heavy atom. The van der Waals surface area contributed by atoms with Crippen molar-refractivity contribution in [3.05, 3.63) is 143 Å². The molecule has 0 saturated heterocycles. The zero-order valence-electron chi connectivity index (χ0n) is 40.0. The molecular weight excluding hydrogens is 995 g/mol. The van der Waals surface area contributed by atoms with E-state index >= 15 is 0 Å². The van der Waals surface area contributed by atoms with Gasteiger partial charge in [-0.25, -0.2) is 0 Å². The molecule has 0 amide bonds. The van der Waals surface area contributed by atoms with Gasteiger partial charge in [0.1, 0.15) is 0 Å². The van der Waals surface area contributed by atoms with Crippen molar-refractivity contribution in [1.29, 1.82) is 0 Å². The fraction of sp³-hybridized carbons (Fsp3) is 0.567. The summed E-state index contributed by atoms with van der Waals surface area (Å²) in [6, 6.07) is 29.9. The van der Waals surface area contributed by atoms with E-state index in [1.165, 1.54) is 201 Å². The number of hydrogen-bond donors (Lipinski definition) is 2. The summed E-state index contributed by atoms with van der Waals surface area (Å²) in [5.74, 6) is 6.35. The molecule has 1 aliphatic heterocycles. The van der Waals surface area contributed by atoms with Gasteiger partial charge in [0.2, 0.25) is 0 Å². The molecule has 1 heterocycles. The monoisotopic (exact) mass is 1080 g/mol. The quantitative estimate of drug-likeness (QED) is 0.136. The third-order valence-electron chi connectivity index (χ3n) is 16.1. The summed E-state index contributed by atoms with van der Waals surface area (Å²) in [4.78, 5) is 0. The zero-order chi connectivity index (χ0) is 44.8. The minimum Gasteiger partial charge on any atom is -0.199 e. The Hall–Kier alpha value is -2.21. The Labute approximate surface area is 407 Å². The zero-order valence-corrected chi connectivity index (χ0v) is 45.2. The van der Waals surface area contributed by atoms with Crippen LogP contribution in [0.5, 0.6) is 11.5 Å². The van der Waals surface area contributed by atoms with Crippen LogP contribution in [0.4, 0.5) is 0 Å². The third kappa shape index (κ3) is 13.7. The predicted octanol–water partition coefficient (Wildman–Crippen LogP) is 18.3. The number of fused-ring (bicyclic) bond motifs is 1. The summed E-state index contributed by atoms with van der Waals surface area (Å²) in [7, 11) is 0.970. The van der Waals surface area contributed by atoms with Crippen LogP contribution >= 0.6 is 14.4 Å². The molecule has 5 aliphatic carbocycles. The van der Waals surface area contributed by atoms with E-state index in [0.717, 1.165) is 33.1 Å². The van der Waals surface area contributed by atoms with Crippen molar-refractivity contribution in [3.63, 3.8) is 0 Å². The van der Waals surface area contributed by atoms with E-state index in [2.05, 4.69) is 38.1 Å². The molecule has 2 nitrogen and oxygen atoms in total. The second-order valence-corrected chi connectivity index (χ2v) is 41.7. The number of hydrogen-bond acceptors (Lipinski definition) is 2. The van der Waals surface area contributed by atoms with Gasteiger partial charge in [-0.05, 0) is 0 Å². The summed E-state index contributed by atoms with van der Waals surface area (Å²) in [6.45, 7) is 7.44. The maximum absolute atomic E-state index is 12.2. The average molecular weight is 1080 g/mol. The van der Waals surface area contributed by atoms with Crippen molar-refractivity contribution in [1.82, 2.24) is 0 Å². The second-order valence-electron chi connectivity index (χ2n) is 20.8. The molecule has 4 aromatic carbocycles. The molecule has 5 saturated carbocycles. The van der Waals surface area contributed by atoms with Crippen molar-refractivity contribution < 1.29 is 29.1 Å². The normalized spacial score (nSPS) is 24.7. The van der Waals surface area contributed by atoms with Crippen molar-refractivity contribution in [3.8, 4) is 11.5 Å². The van der Waals surface area contributed by atoms with Gasteiger partial charge < -0.3 is 0 Å². The van der Waals surface area contributed by atoms with Crippen molar-refractivity contribution >= 4 is 14.4 Å². The van der Waals surface area contributed by atoms with E-state index in [4.69, 9.17) is 0 Å². The topological polar surface area (TPSA) is 40.5 Å². The van der Waals surface area contributed by atoms with Gasteiger partial charge in [0.05, 0.1) is 0 Å². The maximum Gasteiger partial charge on any atom is -0.0866 e. The first kappa shape index (κ1) is 49.2. The molecule has 0 spiro atoms. The molecule has 2 N–H and O–H groups in total. The second kappa shape index (κ2) is 25.4.